The van der Waals surface area contributed by atoms with Gasteiger partial charge in [0.15, 0.2) is 0 Å². The fourth-order valence-electron chi connectivity index (χ4n) is 2.16. The van der Waals surface area contributed by atoms with Gasteiger partial charge in [-0.2, -0.15) is 0 Å². The highest BCUT2D eigenvalue weighted by molar-refractivity contribution is 6.56. The molecule has 2 rings (SSSR count). The van der Waals surface area contributed by atoms with Crippen molar-refractivity contribution < 1.29 is 24.3 Å². The van der Waals surface area contributed by atoms with E-state index >= 15 is 0 Å². The lowest BCUT2D eigenvalue weighted by Crippen LogP contribution is -2.41. The molecule has 124 valence electrons. The summed E-state index contributed by atoms with van der Waals surface area (Å²) >= 11 is 6.12. The van der Waals surface area contributed by atoms with Crippen molar-refractivity contribution in [1.82, 2.24) is 0 Å². The maximum Gasteiger partial charge on any atom is 0.492 e. The Morgan fingerprint density at radius 3 is 2.26 bits per heavy atom. The normalized spacial score (nSPS) is 19.9. The van der Waals surface area contributed by atoms with Crippen molar-refractivity contribution in [2.24, 2.45) is 0 Å². The molecular formula is C16H20BClO5. The molecule has 1 aromatic carbocycles. The summed E-state index contributed by atoms with van der Waals surface area (Å²) < 4.78 is 11.8. The maximum atomic E-state index is 10.9. The minimum atomic E-state index is -1.05. The van der Waals surface area contributed by atoms with Gasteiger partial charge in [0.1, 0.15) is 0 Å². The molecule has 0 aromatic heterocycles. The van der Waals surface area contributed by atoms with E-state index in [1.807, 2.05) is 27.7 Å². The maximum absolute atomic E-state index is 10.9. The molecule has 0 unspecified atom stereocenters. The number of carbonyl (C=O) groups is 1. The Morgan fingerprint density at radius 1 is 1.26 bits per heavy atom. The third-order valence-corrected chi connectivity index (χ3v) is 4.65. The van der Waals surface area contributed by atoms with Crippen molar-refractivity contribution in [3.8, 4) is 0 Å². The molecule has 0 radical (unpaired) electrons. The van der Waals surface area contributed by atoms with Crippen LogP contribution >= 0.6 is 11.6 Å². The van der Waals surface area contributed by atoms with Gasteiger partial charge in [-0.1, -0.05) is 23.7 Å². The summed E-state index contributed by atoms with van der Waals surface area (Å²) in [6.07, 6.45) is 1.66. The molecule has 0 bridgehead atoms. The molecule has 5 nitrogen and oxygen atoms in total. The number of aliphatic hydroxyl groups is 1. The van der Waals surface area contributed by atoms with Gasteiger partial charge in [0.25, 0.3) is 0 Å². The molecule has 0 spiro atoms. The van der Waals surface area contributed by atoms with Crippen molar-refractivity contribution in [3.05, 3.63) is 39.8 Å². The van der Waals surface area contributed by atoms with Crippen LogP contribution in [0.15, 0.2) is 23.7 Å². The number of carboxylic acid groups (broad SMARTS) is 1. The van der Waals surface area contributed by atoms with Crippen LogP contribution in [0.3, 0.4) is 0 Å². The van der Waals surface area contributed by atoms with E-state index < -0.39 is 24.3 Å². The lowest BCUT2D eigenvalue weighted by Gasteiger charge is -2.32. The quantitative estimate of drug-likeness (QED) is 0.825. The Balaban J connectivity index is 2.32. The average molecular weight is 339 g/mol. The minimum Gasteiger partial charge on any atom is -0.478 e. The van der Waals surface area contributed by atoms with Crippen molar-refractivity contribution in [3.63, 3.8) is 0 Å². The van der Waals surface area contributed by atoms with Crippen LogP contribution in [-0.2, 0) is 9.31 Å². The van der Waals surface area contributed by atoms with Gasteiger partial charge in [0.2, 0.25) is 0 Å². The summed E-state index contributed by atoms with van der Waals surface area (Å²) in [5.74, 6) is -1.05. The molecule has 1 aliphatic rings. The number of aromatic carboxylic acids is 1. The van der Waals surface area contributed by atoms with Crippen LogP contribution in [0.2, 0.25) is 5.02 Å². The highest BCUT2D eigenvalue weighted by atomic mass is 35.5. The Kier molecular flexibility index (Phi) is 4.92. The number of rotatable bonds is 4. The van der Waals surface area contributed by atoms with E-state index in [2.05, 4.69) is 0 Å². The van der Waals surface area contributed by atoms with Crippen LogP contribution in [0.1, 0.15) is 43.6 Å². The second-order valence-corrected chi connectivity index (χ2v) is 6.91. The molecule has 23 heavy (non-hydrogen) atoms. The summed E-state index contributed by atoms with van der Waals surface area (Å²) in [4.78, 5) is 10.9. The topological polar surface area (TPSA) is 76.0 Å². The van der Waals surface area contributed by atoms with E-state index in [4.69, 9.17) is 26.0 Å². The molecule has 1 fully saturated rings. The number of hydrogen-bond acceptors (Lipinski definition) is 4. The monoisotopic (exact) mass is 338 g/mol. The number of benzene rings is 1. The standard InChI is InChI=1S/C16H20BClO5/c1-15(2)16(3,4)23-17(22-15)12(9-19)7-10-5-6-11(14(20)21)8-13(10)18/h5-8,19H,9H2,1-4H3,(H,20,21). The van der Waals surface area contributed by atoms with Crippen molar-refractivity contribution in [2.45, 2.75) is 38.9 Å². The molecule has 1 saturated heterocycles. The number of hydrogen-bond donors (Lipinski definition) is 2. The van der Waals surface area contributed by atoms with E-state index in [1.165, 1.54) is 12.1 Å². The van der Waals surface area contributed by atoms with E-state index in [-0.39, 0.29) is 17.2 Å². The van der Waals surface area contributed by atoms with Gasteiger partial charge in [0.05, 0.1) is 23.4 Å². The Morgan fingerprint density at radius 2 is 1.83 bits per heavy atom. The van der Waals surface area contributed by atoms with Crippen LogP contribution in [0.5, 0.6) is 0 Å². The highest BCUT2D eigenvalue weighted by Gasteiger charge is 2.52. The zero-order valence-electron chi connectivity index (χ0n) is 13.6. The zero-order valence-corrected chi connectivity index (χ0v) is 14.3. The van der Waals surface area contributed by atoms with E-state index in [9.17, 15) is 9.90 Å². The fourth-order valence-corrected chi connectivity index (χ4v) is 2.39. The average Bonchev–Trinajstić information content (AvgIpc) is 2.65. The summed E-state index contributed by atoms with van der Waals surface area (Å²) in [5, 5.41) is 18.9. The third kappa shape index (κ3) is 3.61. The summed E-state index contributed by atoms with van der Waals surface area (Å²) in [7, 11) is -0.680. The molecule has 0 amide bonds. The van der Waals surface area contributed by atoms with Gasteiger partial charge in [0, 0.05) is 5.02 Å². The predicted molar refractivity (Wildman–Crippen MR) is 89.6 cm³/mol. The lowest BCUT2D eigenvalue weighted by atomic mass is 9.77. The third-order valence-electron chi connectivity index (χ3n) is 4.33. The highest BCUT2D eigenvalue weighted by Crippen LogP contribution is 2.39. The first-order valence-electron chi connectivity index (χ1n) is 7.27. The van der Waals surface area contributed by atoms with Gasteiger partial charge >= 0.3 is 13.1 Å². The molecule has 2 N–H and O–H groups in total. The summed E-state index contributed by atoms with van der Waals surface area (Å²) in [6.45, 7) is 7.45. The minimum absolute atomic E-state index is 0.105. The van der Waals surface area contributed by atoms with Gasteiger partial charge in [-0.05, 0) is 50.9 Å². The molecule has 0 aliphatic carbocycles. The SMILES string of the molecule is CC1(C)OB(C(=Cc2ccc(C(=O)O)cc2Cl)CO)OC1(C)C. The molecular weight excluding hydrogens is 318 g/mol. The predicted octanol–water partition coefficient (Wildman–Crippen LogP) is 3.05. The molecule has 1 aromatic rings. The van der Waals surface area contributed by atoms with Crippen molar-refractivity contribution >= 4 is 30.8 Å². The first kappa shape index (κ1) is 18.0. The fraction of sp³-hybridized carbons (Fsp3) is 0.438. The van der Waals surface area contributed by atoms with E-state index in [0.29, 0.717) is 11.0 Å². The summed E-state index contributed by atoms with van der Waals surface area (Å²) in [6, 6.07) is 4.42. The second kappa shape index (κ2) is 6.28. The second-order valence-electron chi connectivity index (χ2n) is 6.51. The van der Waals surface area contributed by atoms with Crippen LogP contribution in [0.4, 0.5) is 0 Å². The van der Waals surface area contributed by atoms with Gasteiger partial charge in [-0.15, -0.1) is 0 Å². The Labute approximate surface area is 141 Å². The van der Waals surface area contributed by atoms with E-state index in [1.54, 1.807) is 12.1 Å². The first-order valence-corrected chi connectivity index (χ1v) is 7.65. The smallest absolute Gasteiger partial charge is 0.478 e. The van der Waals surface area contributed by atoms with Crippen LogP contribution < -0.4 is 0 Å². The van der Waals surface area contributed by atoms with Crippen LogP contribution in [-0.4, -0.2) is 41.1 Å². The Hall–Kier alpha value is -1.34. The van der Waals surface area contributed by atoms with Gasteiger partial charge in [-0.3, -0.25) is 0 Å². The van der Waals surface area contributed by atoms with Crippen LogP contribution in [0.25, 0.3) is 6.08 Å². The molecule has 1 heterocycles. The molecule has 1 aliphatic heterocycles. The molecule has 7 heteroatoms. The van der Waals surface area contributed by atoms with Crippen molar-refractivity contribution in [2.75, 3.05) is 6.61 Å². The van der Waals surface area contributed by atoms with Crippen LogP contribution in [0, 0.1) is 0 Å². The lowest BCUT2D eigenvalue weighted by molar-refractivity contribution is 0.00578. The number of halogens is 1. The van der Waals surface area contributed by atoms with E-state index in [0.717, 1.165) is 0 Å². The zero-order chi connectivity index (χ0) is 17.4. The number of aliphatic hydroxyl groups excluding tert-OH is 1. The van der Waals surface area contributed by atoms with Gasteiger partial charge in [-0.25, -0.2) is 4.79 Å². The summed E-state index contributed by atoms with van der Waals surface area (Å²) in [5.41, 5.74) is 0.198. The number of carboxylic acids is 1. The largest absolute Gasteiger partial charge is 0.492 e. The Bertz CT molecular complexity index is 638. The molecule has 0 atom stereocenters. The van der Waals surface area contributed by atoms with Crippen molar-refractivity contribution in [1.29, 1.82) is 0 Å². The van der Waals surface area contributed by atoms with Gasteiger partial charge < -0.3 is 19.5 Å². The molecule has 0 saturated carbocycles. The first-order chi connectivity index (χ1) is 10.6.